The molecule has 1 aliphatic carbocycles. The molecule has 2 fully saturated rings. The van der Waals surface area contributed by atoms with E-state index in [1.165, 1.54) is 4.31 Å². The first-order valence-electron chi connectivity index (χ1n) is 7.97. The fourth-order valence-electron chi connectivity index (χ4n) is 3.77. The topological polar surface area (TPSA) is 60.9 Å². The largest absolute Gasteiger partial charge is 0.393 e. The lowest BCUT2D eigenvalue weighted by Crippen LogP contribution is -2.50. The molecule has 0 spiro atoms. The number of rotatable bonds is 5. The van der Waals surface area contributed by atoms with Gasteiger partial charge in [0.1, 0.15) is 0 Å². The lowest BCUT2D eigenvalue weighted by atomic mass is 9.81. The smallest absolute Gasteiger partial charge is 0.282 e. The standard InChI is InChI=1S/C14H28N2O3S/c1-3-15(4-2)20(18,19)16-11-7-9-13(16)12-8-5-6-10-14(12)17/h12-14,17H,3-11H2,1-2H3. The molecule has 2 rings (SSSR count). The van der Waals surface area contributed by atoms with E-state index in [4.69, 9.17) is 0 Å². The van der Waals surface area contributed by atoms with Gasteiger partial charge in [0, 0.05) is 31.6 Å². The minimum atomic E-state index is -3.37. The average Bonchev–Trinajstić information content (AvgIpc) is 2.90. The summed E-state index contributed by atoms with van der Waals surface area (Å²) < 4.78 is 28.6. The van der Waals surface area contributed by atoms with Gasteiger partial charge in [-0.2, -0.15) is 17.0 Å². The molecule has 118 valence electrons. The maximum absolute atomic E-state index is 12.7. The summed E-state index contributed by atoms with van der Waals surface area (Å²) in [5.74, 6) is 0.122. The first-order chi connectivity index (χ1) is 9.52. The van der Waals surface area contributed by atoms with Crippen LogP contribution >= 0.6 is 0 Å². The van der Waals surface area contributed by atoms with Crippen molar-refractivity contribution < 1.29 is 13.5 Å². The van der Waals surface area contributed by atoms with Crippen LogP contribution in [0.4, 0.5) is 0 Å². The predicted molar refractivity (Wildman–Crippen MR) is 79.5 cm³/mol. The molecule has 1 saturated carbocycles. The molecule has 6 heteroatoms. The van der Waals surface area contributed by atoms with E-state index in [1.807, 2.05) is 13.8 Å². The van der Waals surface area contributed by atoms with Crippen LogP contribution in [0.1, 0.15) is 52.4 Å². The van der Waals surface area contributed by atoms with E-state index >= 15 is 0 Å². The Bertz CT molecular complexity index is 409. The fraction of sp³-hybridized carbons (Fsp3) is 1.00. The van der Waals surface area contributed by atoms with E-state index in [9.17, 15) is 13.5 Å². The lowest BCUT2D eigenvalue weighted by Gasteiger charge is -2.38. The molecule has 0 bridgehead atoms. The van der Waals surface area contributed by atoms with Crippen LogP contribution in [0.5, 0.6) is 0 Å². The summed E-state index contributed by atoms with van der Waals surface area (Å²) in [4.78, 5) is 0. The highest BCUT2D eigenvalue weighted by Gasteiger charge is 2.43. The van der Waals surface area contributed by atoms with Crippen molar-refractivity contribution >= 4 is 10.2 Å². The van der Waals surface area contributed by atoms with E-state index in [0.29, 0.717) is 19.6 Å². The van der Waals surface area contributed by atoms with Crippen molar-refractivity contribution in [3.05, 3.63) is 0 Å². The molecule has 2 aliphatic rings. The van der Waals surface area contributed by atoms with Gasteiger partial charge in [0.05, 0.1) is 6.10 Å². The van der Waals surface area contributed by atoms with Crippen molar-refractivity contribution in [3.8, 4) is 0 Å². The molecule has 1 N–H and O–H groups in total. The Kier molecular flexibility index (Phi) is 5.45. The molecule has 5 nitrogen and oxygen atoms in total. The second kappa shape index (κ2) is 6.73. The minimum absolute atomic E-state index is 0.00380. The van der Waals surface area contributed by atoms with E-state index in [1.54, 1.807) is 4.31 Å². The number of nitrogens with zero attached hydrogens (tertiary/aromatic N) is 2. The zero-order valence-corrected chi connectivity index (χ0v) is 13.5. The summed E-state index contributed by atoms with van der Waals surface area (Å²) in [6, 6.07) is -0.00380. The van der Waals surface area contributed by atoms with Gasteiger partial charge >= 0.3 is 0 Å². The van der Waals surface area contributed by atoms with Crippen LogP contribution in [-0.4, -0.2) is 53.9 Å². The van der Waals surface area contributed by atoms with Gasteiger partial charge in [0.25, 0.3) is 10.2 Å². The molecule has 0 radical (unpaired) electrons. The summed E-state index contributed by atoms with van der Waals surface area (Å²) in [5, 5.41) is 10.2. The maximum atomic E-state index is 12.7. The van der Waals surface area contributed by atoms with Crippen molar-refractivity contribution in [1.82, 2.24) is 8.61 Å². The number of aliphatic hydroxyl groups excluding tert-OH is 1. The monoisotopic (exact) mass is 304 g/mol. The van der Waals surface area contributed by atoms with E-state index in [2.05, 4.69) is 0 Å². The molecule has 1 heterocycles. The second-order valence-corrected chi connectivity index (χ2v) is 7.81. The van der Waals surface area contributed by atoms with Crippen LogP contribution in [0, 0.1) is 5.92 Å². The van der Waals surface area contributed by atoms with Crippen molar-refractivity contribution in [3.63, 3.8) is 0 Å². The lowest BCUT2D eigenvalue weighted by molar-refractivity contribution is 0.0377. The van der Waals surface area contributed by atoms with Gasteiger partial charge in [-0.1, -0.05) is 26.7 Å². The first-order valence-corrected chi connectivity index (χ1v) is 9.37. The van der Waals surface area contributed by atoms with Gasteiger partial charge in [0.15, 0.2) is 0 Å². The van der Waals surface area contributed by atoms with Crippen molar-refractivity contribution in [1.29, 1.82) is 0 Å². The van der Waals surface area contributed by atoms with Crippen LogP contribution in [0.15, 0.2) is 0 Å². The molecule has 0 aromatic heterocycles. The molecule has 3 unspecified atom stereocenters. The van der Waals surface area contributed by atoms with E-state index in [-0.39, 0.29) is 18.1 Å². The molecule has 20 heavy (non-hydrogen) atoms. The summed E-state index contributed by atoms with van der Waals surface area (Å²) in [5.41, 5.74) is 0. The SMILES string of the molecule is CCN(CC)S(=O)(=O)N1CCCC1C1CCCCC1O. The highest BCUT2D eigenvalue weighted by atomic mass is 32.2. The van der Waals surface area contributed by atoms with Crippen molar-refractivity contribution in [2.75, 3.05) is 19.6 Å². The van der Waals surface area contributed by atoms with Gasteiger partial charge in [-0.25, -0.2) is 0 Å². The van der Waals surface area contributed by atoms with Crippen LogP contribution in [-0.2, 0) is 10.2 Å². The molecule has 1 aliphatic heterocycles. The van der Waals surface area contributed by atoms with Gasteiger partial charge in [-0.3, -0.25) is 0 Å². The van der Waals surface area contributed by atoms with Gasteiger partial charge in [-0.05, 0) is 25.7 Å². The first kappa shape index (κ1) is 16.2. The van der Waals surface area contributed by atoms with Gasteiger partial charge in [0.2, 0.25) is 0 Å². The molecule has 0 amide bonds. The van der Waals surface area contributed by atoms with Crippen LogP contribution in [0.2, 0.25) is 0 Å². The Labute approximate surface area is 123 Å². The third-order valence-corrected chi connectivity index (χ3v) is 7.07. The summed E-state index contributed by atoms with van der Waals surface area (Å²) in [7, 11) is -3.37. The zero-order valence-electron chi connectivity index (χ0n) is 12.7. The Morgan fingerprint density at radius 1 is 1.10 bits per heavy atom. The highest BCUT2D eigenvalue weighted by Crippen LogP contribution is 2.36. The number of hydrogen-bond donors (Lipinski definition) is 1. The Hall–Kier alpha value is -0.170. The van der Waals surface area contributed by atoms with Gasteiger partial charge < -0.3 is 5.11 Å². The summed E-state index contributed by atoms with van der Waals surface area (Å²) >= 11 is 0. The second-order valence-electron chi connectivity index (χ2n) is 5.93. The molecule has 1 saturated heterocycles. The number of hydrogen-bond acceptors (Lipinski definition) is 3. The third-order valence-electron chi connectivity index (χ3n) is 4.85. The summed E-state index contributed by atoms with van der Waals surface area (Å²) in [6.07, 6.45) is 5.42. The molecule has 0 aromatic carbocycles. The molecule has 0 aromatic rings. The Morgan fingerprint density at radius 3 is 2.35 bits per heavy atom. The maximum Gasteiger partial charge on any atom is 0.282 e. The van der Waals surface area contributed by atoms with Crippen molar-refractivity contribution in [2.24, 2.45) is 5.92 Å². The van der Waals surface area contributed by atoms with Gasteiger partial charge in [-0.15, -0.1) is 0 Å². The van der Waals surface area contributed by atoms with Crippen LogP contribution in [0.25, 0.3) is 0 Å². The average molecular weight is 304 g/mol. The highest BCUT2D eigenvalue weighted by molar-refractivity contribution is 7.86. The normalized spacial score (nSPS) is 32.9. The molecular formula is C14H28N2O3S. The Morgan fingerprint density at radius 2 is 1.75 bits per heavy atom. The van der Waals surface area contributed by atoms with Crippen LogP contribution < -0.4 is 0 Å². The van der Waals surface area contributed by atoms with E-state index in [0.717, 1.165) is 38.5 Å². The van der Waals surface area contributed by atoms with E-state index < -0.39 is 10.2 Å². The summed E-state index contributed by atoms with van der Waals surface area (Å²) in [6.45, 7) is 5.38. The predicted octanol–water partition coefficient (Wildman–Crippen LogP) is 1.59. The van der Waals surface area contributed by atoms with Crippen molar-refractivity contribution in [2.45, 2.75) is 64.5 Å². The van der Waals surface area contributed by atoms with Crippen LogP contribution in [0.3, 0.4) is 0 Å². The molecular weight excluding hydrogens is 276 g/mol. The zero-order chi connectivity index (χ0) is 14.8. The molecule has 3 atom stereocenters. The Balaban J connectivity index is 2.18. The quantitative estimate of drug-likeness (QED) is 0.839. The third kappa shape index (κ3) is 3.03. The minimum Gasteiger partial charge on any atom is -0.393 e. The fourth-order valence-corrected chi connectivity index (χ4v) is 5.68. The number of aliphatic hydroxyl groups is 1.